The number of aliphatic carboxylic acids is 1. The first-order valence-corrected chi connectivity index (χ1v) is 11.8. The van der Waals surface area contributed by atoms with Crippen LogP contribution in [0.2, 0.25) is 0 Å². The molecule has 0 atom stereocenters. The van der Waals surface area contributed by atoms with Gasteiger partial charge in [-0.1, -0.05) is 96.3 Å². The van der Waals surface area contributed by atoms with Gasteiger partial charge in [-0.05, 0) is 19.3 Å². The summed E-state index contributed by atoms with van der Waals surface area (Å²) in [5.41, 5.74) is 5.81. The van der Waals surface area contributed by atoms with E-state index in [2.05, 4.69) is 5.32 Å². The van der Waals surface area contributed by atoms with Gasteiger partial charge in [-0.2, -0.15) is 0 Å². The molecule has 0 heterocycles. The number of carboxylic acid groups (broad SMARTS) is 1. The van der Waals surface area contributed by atoms with Gasteiger partial charge in [0, 0.05) is 5.97 Å². The number of guanidine groups is 1. The zero-order chi connectivity index (χ0) is 20.9. The van der Waals surface area contributed by atoms with Crippen LogP contribution in [0.15, 0.2) is 0 Å². The molecule has 0 aromatic heterocycles. The lowest BCUT2D eigenvalue weighted by Crippen LogP contribution is -2.38. The second-order valence-electron chi connectivity index (χ2n) is 8.34. The maximum absolute atomic E-state index is 10.3. The first-order valence-electron chi connectivity index (χ1n) is 11.8. The Balaban J connectivity index is 3.09. The van der Waals surface area contributed by atoms with Crippen molar-refractivity contribution in [1.29, 1.82) is 0 Å². The minimum atomic E-state index is -0.909. The van der Waals surface area contributed by atoms with Gasteiger partial charge in [0.25, 0.3) is 0 Å². The Morgan fingerprint density at radius 1 is 0.679 bits per heavy atom. The zero-order valence-corrected chi connectivity index (χ0v) is 18.8. The van der Waals surface area contributed by atoms with Crippen molar-refractivity contribution in [3.8, 4) is 0 Å². The summed E-state index contributed by atoms with van der Waals surface area (Å²) in [5.74, 6) is -0.153. The van der Waals surface area contributed by atoms with Gasteiger partial charge in [-0.25, -0.2) is 0 Å². The monoisotopic (exact) mass is 397 g/mol. The first kappa shape index (κ1) is 26.7. The largest absolute Gasteiger partial charge is 0.550 e. The number of unbranched alkanes of at least 4 members (excludes halogenated alkanes) is 16. The van der Waals surface area contributed by atoms with Crippen LogP contribution in [0.25, 0.3) is 0 Å². The van der Waals surface area contributed by atoms with Crippen LogP contribution in [0, 0.1) is 0 Å². The third-order valence-corrected chi connectivity index (χ3v) is 5.35. The predicted octanol–water partition coefficient (Wildman–Crippen LogP) is 3.93. The number of hydrogen-bond acceptors (Lipinski definition) is 2. The fourth-order valence-corrected chi connectivity index (χ4v) is 3.42. The van der Waals surface area contributed by atoms with E-state index in [1.165, 1.54) is 96.3 Å². The Bertz CT molecular complexity index is 393. The van der Waals surface area contributed by atoms with E-state index in [-0.39, 0.29) is 6.42 Å². The highest BCUT2D eigenvalue weighted by atomic mass is 16.4. The summed E-state index contributed by atoms with van der Waals surface area (Å²) < 4.78 is 1.91. The predicted molar refractivity (Wildman–Crippen MR) is 117 cm³/mol. The van der Waals surface area contributed by atoms with Crippen LogP contribution in [0.5, 0.6) is 0 Å². The molecule has 0 radical (unpaired) electrons. The van der Waals surface area contributed by atoms with Crippen LogP contribution in [0.3, 0.4) is 0 Å². The maximum Gasteiger partial charge on any atom is 0.342 e. The molecule has 0 aliphatic carbocycles. The summed E-state index contributed by atoms with van der Waals surface area (Å²) in [6.07, 6.45) is 22.0. The number of hydrogen-bond donors (Lipinski definition) is 2. The van der Waals surface area contributed by atoms with Gasteiger partial charge in [-0.15, -0.1) is 0 Å². The Morgan fingerprint density at radius 3 is 1.32 bits per heavy atom. The highest BCUT2D eigenvalue weighted by Gasteiger charge is 1.99. The van der Waals surface area contributed by atoms with Gasteiger partial charge >= 0.3 is 5.96 Å². The first-order chi connectivity index (χ1) is 13.5. The standard InChI is InChI=1S/C23H47N3O2/c1-26(2)23(24)25-21-19-17-15-13-11-9-7-5-3-4-6-8-10-12-14-16-18-20-22(27)28/h3-21H2,1-2H3,(H3,24,25,27,28). The summed E-state index contributed by atoms with van der Waals surface area (Å²) in [6, 6.07) is 0. The molecule has 28 heavy (non-hydrogen) atoms. The Hall–Kier alpha value is -1.26. The Morgan fingerprint density at radius 2 is 1.00 bits per heavy atom. The molecule has 166 valence electrons. The molecule has 0 amide bonds. The van der Waals surface area contributed by atoms with E-state index in [4.69, 9.17) is 5.73 Å². The van der Waals surface area contributed by atoms with Crippen LogP contribution in [0.1, 0.15) is 116 Å². The molecule has 0 aromatic rings. The second-order valence-corrected chi connectivity index (χ2v) is 8.34. The average Bonchev–Trinajstić information content (AvgIpc) is 2.65. The van der Waals surface area contributed by atoms with Gasteiger partial charge < -0.3 is 9.90 Å². The van der Waals surface area contributed by atoms with Crippen molar-refractivity contribution in [1.82, 2.24) is 5.32 Å². The fraction of sp³-hybridized carbons (Fsp3) is 0.913. The van der Waals surface area contributed by atoms with E-state index in [9.17, 15) is 9.90 Å². The SMILES string of the molecule is C[N+](C)=C(N)NCCCCCCCCCCCCCCCCCCCC(=O)[O-]. The maximum atomic E-state index is 10.3. The van der Waals surface area contributed by atoms with Gasteiger partial charge in [0.05, 0.1) is 20.6 Å². The van der Waals surface area contributed by atoms with Crippen LogP contribution >= 0.6 is 0 Å². The van der Waals surface area contributed by atoms with Gasteiger partial charge in [0.1, 0.15) is 0 Å². The van der Waals surface area contributed by atoms with Crippen LogP contribution in [-0.4, -0.2) is 37.1 Å². The molecule has 0 unspecified atom stereocenters. The number of nitrogens with one attached hydrogen (secondary N) is 1. The van der Waals surface area contributed by atoms with Crippen molar-refractivity contribution in [2.24, 2.45) is 5.73 Å². The molecular formula is C23H47N3O2. The van der Waals surface area contributed by atoms with Gasteiger partial charge in [0.2, 0.25) is 0 Å². The van der Waals surface area contributed by atoms with E-state index in [1.807, 2.05) is 18.7 Å². The van der Waals surface area contributed by atoms with E-state index in [0.29, 0.717) is 0 Å². The van der Waals surface area contributed by atoms with Crippen LogP contribution < -0.4 is 16.2 Å². The summed E-state index contributed by atoms with van der Waals surface area (Å²) in [4.78, 5) is 10.3. The van der Waals surface area contributed by atoms with E-state index in [1.54, 1.807) is 0 Å². The van der Waals surface area contributed by atoms with Crippen LogP contribution in [0.4, 0.5) is 0 Å². The van der Waals surface area contributed by atoms with Crippen molar-refractivity contribution < 1.29 is 14.5 Å². The molecule has 0 aliphatic heterocycles. The molecule has 0 aliphatic rings. The van der Waals surface area contributed by atoms with Crippen molar-refractivity contribution in [2.75, 3.05) is 20.6 Å². The summed E-state index contributed by atoms with van der Waals surface area (Å²) in [7, 11) is 3.91. The number of nitrogens with two attached hydrogens (primary N) is 1. The minimum Gasteiger partial charge on any atom is -0.550 e. The normalized spacial score (nSPS) is 10.8. The minimum absolute atomic E-state index is 0.225. The highest BCUT2D eigenvalue weighted by molar-refractivity contribution is 5.72. The quantitative estimate of drug-likeness (QED) is 0.141. The molecule has 0 rings (SSSR count). The van der Waals surface area contributed by atoms with Crippen molar-refractivity contribution >= 4 is 11.9 Å². The summed E-state index contributed by atoms with van der Waals surface area (Å²) in [6.45, 7) is 0.979. The Labute approximate surface area is 174 Å². The summed E-state index contributed by atoms with van der Waals surface area (Å²) >= 11 is 0. The highest BCUT2D eigenvalue weighted by Crippen LogP contribution is 2.14. The third kappa shape index (κ3) is 21.0. The van der Waals surface area contributed by atoms with Crippen molar-refractivity contribution in [2.45, 2.75) is 116 Å². The fourth-order valence-electron chi connectivity index (χ4n) is 3.42. The molecular weight excluding hydrogens is 350 g/mol. The number of carbonyl (C=O) groups is 1. The molecule has 0 saturated heterocycles. The topological polar surface area (TPSA) is 81.2 Å². The lowest BCUT2D eigenvalue weighted by molar-refractivity contribution is -0.467. The van der Waals surface area contributed by atoms with Crippen LogP contribution in [-0.2, 0) is 4.79 Å². The lowest BCUT2D eigenvalue weighted by Gasteiger charge is -2.04. The molecule has 5 heteroatoms. The molecule has 0 bridgehead atoms. The molecule has 0 fully saturated rings. The van der Waals surface area contributed by atoms with Gasteiger partial charge in [-0.3, -0.25) is 15.6 Å². The van der Waals surface area contributed by atoms with Crippen molar-refractivity contribution in [3.05, 3.63) is 0 Å². The number of carbonyl (C=O) groups excluding carboxylic acids is 1. The number of carboxylic acids is 1. The number of nitrogens with zero attached hydrogens (tertiary/aromatic N) is 1. The second kappa shape index (κ2) is 20.5. The van der Waals surface area contributed by atoms with E-state index < -0.39 is 5.97 Å². The molecule has 0 aromatic carbocycles. The van der Waals surface area contributed by atoms with E-state index >= 15 is 0 Å². The third-order valence-electron chi connectivity index (χ3n) is 5.35. The smallest absolute Gasteiger partial charge is 0.342 e. The average molecular weight is 398 g/mol. The Kier molecular flexibility index (Phi) is 19.6. The number of rotatable bonds is 20. The molecule has 3 N–H and O–H groups in total. The zero-order valence-electron chi connectivity index (χ0n) is 18.8. The molecule has 0 spiro atoms. The molecule has 5 nitrogen and oxygen atoms in total. The van der Waals surface area contributed by atoms with E-state index in [0.717, 1.165) is 25.3 Å². The molecule has 0 saturated carbocycles. The lowest BCUT2D eigenvalue weighted by atomic mass is 10.0. The summed E-state index contributed by atoms with van der Waals surface area (Å²) in [5, 5.41) is 13.5. The van der Waals surface area contributed by atoms with Crippen molar-refractivity contribution in [3.63, 3.8) is 0 Å². The van der Waals surface area contributed by atoms with Gasteiger partial charge in [0.15, 0.2) is 0 Å².